The third-order valence-corrected chi connectivity index (χ3v) is 5.30. The number of hydrogen-bond acceptors (Lipinski definition) is 3. The van der Waals surface area contributed by atoms with Crippen LogP contribution < -0.4 is 5.32 Å². The van der Waals surface area contributed by atoms with Crippen LogP contribution in [0.4, 0.5) is 0 Å². The van der Waals surface area contributed by atoms with Gasteiger partial charge in [0.25, 0.3) is 0 Å². The molecule has 15 heavy (non-hydrogen) atoms. The first kappa shape index (κ1) is 12.9. The summed E-state index contributed by atoms with van der Waals surface area (Å²) < 4.78 is 24.9. The predicted octanol–water partition coefficient (Wildman–Crippen LogP) is 0.656. The van der Waals surface area contributed by atoms with Crippen molar-refractivity contribution in [3.8, 4) is 0 Å². The Bertz CT molecular complexity index is 282. The zero-order valence-electron chi connectivity index (χ0n) is 9.86. The molecule has 1 atom stereocenters. The Hall–Kier alpha value is -0.130. The molecule has 0 spiro atoms. The topological polar surface area (TPSA) is 49.4 Å². The van der Waals surface area contributed by atoms with Gasteiger partial charge in [0.15, 0.2) is 0 Å². The number of rotatable bonds is 4. The summed E-state index contributed by atoms with van der Waals surface area (Å²) in [5.41, 5.74) is 0. The van der Waals surface area contributed by atoms with E-state index in [1.165, 1.54) is 0 Å². The van der Waals surface area contributed by atoms with E-state index >= 15 is 0 Å². The van der Waals surface area contributed by atoms with E-state index in [0.29, 0.717) is 25.0 Å². The fourth-order valence-electron chi connectivity index (χ4n) is 2.07. The van der Waals surface area contributed by atoms with Crippen LogP contribution in [0.15, 0.2) is 0 Å². The fourth-order valence-corrected chi connectivity index (χ4v) is 3.20. The Morgan fingerprint density at radius 3 is 2.33 bits per heavy atom. The van der Waals surface area contributed by atoms with Crippen LogP contribution in [0.3, 0.4) is 0 Å². The summed E-state index contributed by atoms with van der Waals surface area (Å²) in [5, 5.41) is 3.23. The average Bonchev–Trinajstić information content (AvgIpc) is 2.28. The maximum atomic E-state index is 11.6. The summed E-state index contributed by atoms with van der Waals surface area (Å²) in [6.45, 7) is 5.24. The summed E-state index contributed by atoms with van der Waals surface area (Å²) in [7, 11) is -1.01. The van der Waals surface area contributed by atoms with Crippen LogP contribution >= 0.6 is 0 Å². The molecule has 0 aromatic heterocycles. The van der Waals surface area contributed by atoms with Gasteiger partial charge in [0.2, 0.25) is 10.0 Å². The second-order valence-electron chi connectivity index (χ2n) is 4.21. The smallest absolute Gasteiger partial charge is 0.213 e. The minimum absolute atomic E-state index is 0.221. The quantitative estimate of drug-likeness (QED) is 0.777. The molecular weight excluding hydrogens is 212 g/mol. The van der Waals surface area contributed by atoms with Crippen molar-refractivity contribution in [3.05, 3.63) is 0 Å². The van der Waals surface area contributed by atoms with Gasteiger partial charge in [-0.25, -0.2) is 12.7 Å². The number of hydrogen-bond donors (Lipinski definition) is 1. The van der Waals surface area contributed by atoms with Crippen LogP contribution in [0.25, 0.3) is 0 Å². The third-order valence-electron chi connectivity index (χ3n) is 3.42. The van der Waals surface area contributed by atoms with Gasteiger partial charge < -0.3 is 5.32 Å². The van der Waals surface area contributed by atoms with Crippen molar-refractivity contribution in [2.45, 2.75) is 32.7 Å². The first-order valence-corrected chi connectivity index (χ1v) is 7.27. The highest BCUT2D eigenvalue weighted by atomic mass is 32.2. The van der Waals surface area contributed by atoms with Gasteiger partial charge in [-0.15, -0.1) is 0 Å². The zero-order chi connectivity index (χ0) is 11.5. The molecule has 0 radical (unpaired) electrons. The van der Waals surface area contributed by atoms with E-state index in [4.69, 9.17) is 0 Å². The number of nitrogens with zero attached hydrogens (tertiary/aromatic N) is 1. The van der Waals surface area contributed by atoms with Crippen molar-refractivity contribution >= 4 is 10.0 Å². The van der Waals surface area contributed by atoms with E-state index in [1.54, 1.807) is 11.2 Å². The molecule has 0 bridgehead atoms. The summed E-state index contributed by atoms with van der Waals surface area (Å²) in [5.74, 6) is 0.831. The van der Waals surface area contributed by atoms with Crippen molar-refractivity contribution in [3.63, 3.8) is 0 Å². The van der Waals surface area contributed by atoms with Crippen molar-refractivity contribution < 1.29 is 8.42 Å². The van der Waals surface area contributed by atoms with Crippen molar-refractivity contribution in [1.29, 1.82) is 0 Å². The molecule has 1 heterocycles. The van der Waals surface area contributed by atoms with Gasteiger partial charge in [0, 0.05) is 19.1 Å². The normalized spacial score (nSPS) is 22.9. The maximum absolute atomic E-state index is 11.6. The Labute approximate surface area is 93.1 Å². The van der Waals surface area contributed by atoms with Gasteiger partial charge in [-0.3, -0.25) is 0 Å². The SMILES string of the molecule is CCS(=O)(=O)N1CCC([C@@H](C)NC)CC1. The molecule has 0 unspecified atom stereocenters. The molecule has 0 aromatic rings. The minimum Gasteiger partial charge on any atom is -0.317 e. The van der Waals surface area contributed by atoms with E-state index in [0.717, 1.165) is 12.8 Å². The molecule has 0 aromatic carbocycles. The van der Waals surface area contributed by atoms with Crippen molar-refractivity contribution in [1.82, 2.24) is 9.62 Å². The summed E-state index contributed by atoms with van der Waals surface area (Å²) in [4.78, 5) is 0. The van der Waals surface area contributed by atoms with E-state index in [1.807, 2.05) is 7.05 Å². The minimum atomic E-state index is -2.96. The molecule has 0 amide bonds. The van der Waals surface area contributed by atoms with Crippen LogP contribution in [0.5, 0.6) is 0 Å². The van der Waals surface area contributed by atoms with Crippen LogP contribution in [0, 0.1) is 5.92 Å². The standard InChI is InChI=1S/C10H22N2O2S/c1-4-15(13,14)12-7-5-10(6-8-12)9(2)11-3/h9-11H,4-8H2,1-3H3/t9-/m1/s1. The van der Waals surface area contributed by atoms with Crippen LogP contribution in [0.2, 0.25) is 0 Å². The van der Waals surface area contributed by atoms with E-state index in [9.17, 15) is 8.42 Å². The molecule has 1 saturated heterocycles. The number of piperidine rings is 1. The molecule has 90 valence electrons. The molecule has 5 heteroatoms. The van der Waals surface area contributed by atoms with E-state index in [-0.39, 0.29) is 5.75 Å². The van der Waals surface area contributed by atoms with Gasteiger partial charge in [-0.05, 0) is 39.7 Å². The Balaban J connectivity index is 2.49. The van der Waals surface area contributed by atoms with Gasteiger partial charge in [-0.1, -0.05) is 0 Å². The average molecular weight is 234 g/mol. The number of sulfonamides is 1. The van der Waals surface area contributed by atoms with Gasteiger partial charge in [0.05, 0.1) is 5.75 Å². The monoisotopic (exact) mass is 234 g/mol. The van der Waals surface area contributed by atoms with Gasteiger partial charge >= 0.3 is 0 Å². The highest BCUT2D eigenvalue weighted by Gasteiger charge is 2.28. The lowest BCUT2D eigenvalue weighted by Crippen LogP contribution is -2.43. The molecule has 1 rings (SSSR count). The molecular formula is C10H22N2O2S. The molecule has 4 nitrogen and oxygen atoms in total. The molecule has 1 N–H and O–H groups in total. The molecule has 1 aliphatic heterocycles. The summed E-state index contributed by atoms with van der Waals surface area (Å²) in [6, 6.07) is 0.483. The Kier molecular flexibility index (Phi) is 4.55. The largest absolute Gasteiger partial charge is 0.317 e. The molecule has 0 aliphatic carbocycles. The molecule has 1 fully saturated rings. The zero-order valence-corrected chi connectivity index (χ0v) is 10.7. The first-order chi connectivity index (χ1) is 7.01. The highest BCUT2D eigenvalue weighted by molar-refractivity contribution is 7.89. The van der Waals surface area contributed by atoms with Crippen LogP contribution in [-0.4, -0.2) is 44.7 Å². The lowest BCUT2D eigenvalue weighted by molar-refractivity contribution is 0.237. The second kappa shape index (κ2) is 5.27. The van der Waals surface area contributed by atoms with Gasteiger partial charge in [0.1, 0.15) is 0 Å². The van der Waals surface area contributed by atoms with Crippen molar-refractivity contribution in [2.75, 3.05) is 25.9 Å². The van der Waals surface area contributed by atoms with E-state index < -0.39 is 10.0 Å². The highest BCUT2D eigenvalue weighted by Crippen LogP contribution is 2.22. The van der Waals surface area contributed by atoms with E-state index in [2.05, 4.69) is 12.2 Å². The lowest BCUT2D eigenvalue weighted by atomic mass is 9.91. The molecule has 0 saturated carbocycles. The Morgan fingerprint density at radius 1 is 1.40 bits per heavy atom. The Morgan fingerprint density at radius 2 is 1.93 bits per heavy atom. The number of nitrogens with one attached hydrogen (secondary N) is 1. The lowest BCUT2D eigenvalue weighted by Gasteiger charge is -2.33. The van der Waals surface area contributed by atoms with Crippen LogP contribution in [-0.2, 0) is 10.0 Å². The summed E-state index contributed by atoms with van der Waals surface area (Å²) in [6.07, 6.45) is 1.95. The second-order valence-corrected chi connectivity index (χ2v) is 6.47. The fraction of sp³-hybridized carbons (Fsp3) is 1.00. The predicted molar refractivity (Wildman–Crippen MR) is 62.3 cm³/mol. The first-order valence-electron chi connectivity index (χ1n) is 5.66. The van der Waals surface area contributed by atoms with Gasteiger partial charge in [-0.2, -0.15) is 0 Å². The maximum Gasteiger partial charge on any atom is 0.213 e. The van der Waals surface area contributed by atoms with Crippen LogP contribution in [0.1, 0.15) is 26.7 Å². The third kappa shape index (κ3) is 3.16. The van der Waals surface area contributed by atoms with Crippen molar-refractivity contribution in [2.24, 2.45) is 5.92 Å². The molecule has 1 aliphatic rings. The summed E-state index contributed by atoms with van der Waals surface area (Å²) >= 11 is 0.